The highest BCUT2D eigenvalue weighted by molar-refractivity contribution is 5.95. The number of nitrogens with zero attached hydrogens (tertiary/aromatic N) is 4. The van der Waals surface area contributed by atoms with E-state index in [4.69, 9.17) is 4.74 Å². The first kappa shape index (κ1) is 20.1. The molecule has 0 bridgehead atoms. The van der Waals surface area contributed by atoms with Crippen molar-refractivity contribution < 1.29 is 18.8 Å². The maximum atomic E-state index is 13.9. The normalized spacial score (nSPS) is 13.7. The third-order valence-corrected chi connectivity index (χ3v) is 4.76. The number of rotatable bonds is 5. The van der Waals surface area contributed by atoms with Gasteiger partial charge in [0.25, 0.3) is 5.69 Å². The number of carbonyl (C=O) groups excluding carboxylic acids is 1. The first-order valence-corrected chi connectivity index (χ1v) is 9.10. The van der Waals surface area contributed by atoms with E-state index < -0.39 is 16.7 Å². The summed E-state index contributed by atoms with van der Waals surface area (Å²) in [6.45, 7) is 3.90. The molecule has 0 atom stereocenters. The van der Waals surface area contributed by atoms with Crippen LogP contribution < -0.4 is 9.80 Å². The molecule has 8 nitrogen and oxygen atoms in total. The third kappa shape index (κ3) is 4.11. The first-order valence-electron chi connectivity index (χ1n) is 9.10. The topological polar surface area (TPSA) is 99.7 Å². The minimum Gasteiger partial charge on any atom is -0.462 e. The third-order valence-electron chi connectivity index (χ3n) is 4.76. The number of halogens is 1. The summed E-state index contributed by atoms with van der Waals surface area (Å²) >= 11 is 0. The van der Waals surface area contributed by atoms with E-state index >= 15 is 0 Å². The van der Waals surface area contributed by atoms with Crippen LogP contribution in [-0.2, 0) is 4.74 Å². The van der Waals surface area contributed by atoms with Crippen molar-refractivity contribution >= 4 is 23.0 Å². The molecule has 0 N–H and O–H groups in total. The average Bonchev–Trinajstić information content (AvgIpc) is 2.73. The monoisotopic (exact) mass is 398 g/mol. The van der Waals surface area contributed by atoms with Gasteiger partial charge in [-0.3, -0.25) is 10.1 Å². The second kappa shape index (κ2) is 8.56. The number of ether oxygens (including phenoxy) is 1. The van der Waals surface area contributed by atoms with Crippen LogP contribution in [0.25, 0.3) is 0 Å². The smallest absolute Gasteiger partial charge is 0.345 e. The molecular formula is C20H19FN4O4. The van der Waals surface area contributed by atoms with Crippen LogP contribution in [-0.4, -0.2) is 43.7 Å². The van der Waals surface area contributed by atoms with Gasteiger partial charge >= 0.3 is 5.97 Å². The Hall–Kier alpha value is -3.67. The van der Waals surface area contributed by atoms with E-state index in [1.165, 1.54) is 18.2 Å². The lowest BCUT2D eigenvalue weighted by atomic mass is 10.1. The molecule has 1 saturated heterocycles. The van der Waals surface area contributed by atoms with Crippen LogP contribution in [0.4, 0.5) is 21.5 Å². The van der Waals surface area contributed by atoms with Gasteiger partial charge in [0.05, 0.1) is 17.2 Å². The molecule has 0 radical (unpaired) electrons. The molecule has 0 spiro atoms. The molecule has 0 amide bonds. The second-order valence-corrected chi connectivity index (χ2v) is 6.40. The van der Waals surface area contributed by atoms with E-state index in [2.05, 4.69) is 0 Å². The Morgan fingerprint density at radius 1 is 1.24 bits per heavy atom. The molecule has 1 aliphatic rings. The van der Waals surface area contributed by atoms with Crippen LogP contribution in [0, 0.1) is 27.3 Å². The van der Waals surface area contributed by atoms with Crippen molar-refractivity contribution in [3.8, 4) is 6.07 Å². The van der Waals surface area contributed by atoms with Crippen LogP contribution in [0.3, 0.4) is 0 Å². The zero-order valence-electron chi connectivity index (χ0n) is 15.8. The molecule has 0 saturated carbocycles. The number of hydrogen-bond acceptors (Lipinski definition) is 7. The Morgan fingerprint density at radius 3 is 2.55 bits per heavy atom. The Labute approximate surface area is 166 Å². The van der Waals surface area contributed by atoms with Gasteiger partial charge in [-0.15, -0.1) is 0 Å². The molecule has 1 fully saturated rings. The van der Waals surface area contributed by atoms with Gasteiger partial charge in [0.1, 0.15) is 23.0 Å². The Kier molecular flexibility index (Phi) is 5.93. The van der Waals surface area contributed by atoms with Gasteiger partial charge < -0.3 is 14.5 Å². The SMILES string of the molecule is CCOC(=O)c1cc(N2CCN(c3cccc(F)c3C#N)CC2)ccc1[N+](=O)[O-]. The van der Waals surface area contributed by atoms with Crippen molar-refractivity contribution in [1.82, 2.24) is 0 Å². The van der Waals surface area contributed by atoms with E-state index in [1.807, 2.05) is 15.9 Å². The molecule has 1 aliphatic heterocycles. The summed E-state index contributed by atoms with van der Waals surface area (Å²) in [5, 5.41) is 20.5. The summed E-state index contributed by atoms with van der Waals surface area (Å²) < 4.78 is 18.8. The predicted octanol–water partition coefficient (Wildman–Crippen LogP) is 3.11. The van der Waals surface area contributed by atoms with E-state index in [1.54, 1.807) is 25.1 Å². The molecule has 3 rings (SSSR count). The maximum Gasteiger partial charge on any atom is 0.345 e. The summed E-state index contributed by atoms with van der Waals surface area (Å²) in [7, 11) is 0. The number of benzene rings is 2. The van der Waals surface area contributed by atoms with Crippen molar-refractivity contribution in [1.29, 1.82) is 5.26 Å². The van der Waals surface area contributed by atoms with E-state index in [-0.39, 0.29) is 23.4 Å². The van der Waals surface area contributed by atoms with Gasteiger partial charge in [0, 0.05) is 37.9 Å². The van der Waals surface area contributed by atoms with Gasteiger partial charge in [-0.2, -0.15) is 5.26 Å². The summed E-state index contributed by atoms with van der Waals surface area (Å²) in [5.41, 5.74) is 0.833. The summed E-state index contributed by atoms with van der Waals surface area (Å²) in [5.74, 6) is -1.29. The first-order chi connectivity index (χ1) is 14.0. The van der Waals surface area contributed by atoms with Crippen LogP contribution in [0.15, 0.2) is 36.4 Å². The number of anilines is 2. The number of piperazine rings is 1. The molecule has 9 heteroatoms. The largest absolute Gasteiger partial charge is 0.462 e. The van der Waals surface area contributed by atoms with Gasteiger partial charge in [-0.05, 0) is 31.2 Å². The zero-order chi connectivity index (χ0) is 21.0. The lowest BCUT2D eigenvalue weighted by Crippen LogP contribution is -2.46. The summed E-state index contributed by atoms with van der Waals surface area (Å²) in [4.78, 5) is 26.6. The Morgan fingerprint density at radius 2 is 1.93 bits per heavy atom. The zero-order valence-corrected chi connectivity index (χ0v) is 15.8. The number of carbonyl (C=O) groups is 1. The van der Waals surface area contributed by atoms with E-state index in [0.29, 0.717) is 37.6 Å². The predicted molar refractivity (Wildman–Crippen MR) is 105 cm³/mol. The number of hydrogen-bond donors (Lipinski definition) is 0. The minimum atomic E-state index is -0.738. The molecule has 0 aromatic heterocycles. The van der Waals surface area contributed by atoms with Crippen molar-refractivity contribution in [3.63, 3.8) is 0 Å². The van der Waals surface area contributed by atoms with E-state index in [9.17, 15) is 24.6 Å². The van der Waals surface area contributed by atoms with E-state index in [0.717, 1.165) is 0 Å². The highest BCUT2D eigenvalue weighted by Gasteiger charge is 2.25. The molecule has 150 valence electrons. The minimum absolute atomic E-state index is 0.0147. The quantitative estimate of drug-likeness (QED) is 0.433. The summed E-state index contributed by atoms with van der Waals surface area (Å²) in [6.07, 6.45) is 0. The van der Waals surface area contributed by atoms with Crippen molar-refractivity contribution in [3.05, 3.63) is 63.5 Å². The number of nitro groups is 1. The van der Waals surface area contributed by atoms with Crippen LogP contribution >= 0.6 is 0 Å². The Balaban J connectivity index is 1.80. The second-order valence-electron chi connectivity index (χ2n) is 6.40. The van der Waals surface area contributed by atoms with Gasteiger partial charge in [0.2, 0.25) is 0 Å². The molecule has 0 unspecified atom stereocenters. The molecule has 1 heterocycles. The van der Waals surface area contributed by atoms with Crippen molar-refractivity contribution in [2.24, 2.45) is 0 Å². The van der Waals surface area contributed by atoms with Crippen LogP contribution in [0.1, 0.15) is 22.8 Å². The standard InChI is InChI=1S/C20H19FN4O4/c1-2-29-20(26)15-12-14(6-7-19(15)25(27)28)23-8-10-24(11-9-23)18-5-3-4-17(21)16(18)13-22/h3-7,12H,2,8-11H2,1H3. The summed E-state index contributed by atoms with van der Waals surface area (Å²) in [6, 6.07) is 10.8. The lowest BCUT2D eigenvalue weighted by Gasteiger charge is -2.37. The Bertz CT molecular complexity index is 981. The fraction of sp³-hybridized carbons (Fsp3) is 0.300. The fourth-order valence-corrected chi connectivity index (χ4v) is 3.34. The highest BCUT2D eigenvalue weighted by Crippen LogP contribution is 2.28. The number of nitriles is 1. The van der Waals surface area contributed by atoms with Gasteiger partial charge in [-0.1, -0.05) is 6.07 Å². The maximum absolute atomic E-state index is 13.9. The molecular weight excluding hydrogens is 379 g/mol. The van der Waals surface area contributed by atoms with Crippen LogP contribution in [0.5, 0.6) is 0 Å². The van der Waals surface area contributed by atoms with Crippen molar-refractivity contribution in [2.75, 3.05) is 42.6 Å². The lowest BCUT2D eigenvalue weighted by molar-refractivity contribution is -0.385. The molecule has 2 aromatic rings. The van der Waals surface area contributed by atoms with Crippen molar-refractivity contribution in [2.45, 2.75) is 6.92 Å². The fourth-order valence-electron chi connectivity index (χ4n) is 3.34. The van der Waals surface area contributed by atoms with Crippen LogP contribution in [0.2, 0.25) is 0 Å². The molecule has 29 heavy (non-hydrogen) atoms. The highest BCUT2D eigenvalue weighted by atomic mass is 19.1. The van der Waals surface area contributed by atoms with Gasteiger partial charge in [0.15, 0.2) is 0 Å². The molecule has 0 aliphatic carbocycles. The number of esters is 1. The molecule has 2 aromatic carbocycles. The number of nitro benzene ring substituents is 1. The van der Waals surface area contributed by atoms with Gasteiger partial charge in [-0.25, -0.2) is 9.18 Å². The average molecular weight is 398 g/mol.